The van der Waals surface area contributed by atoms with Crippen LogP contribution in [-0.4, -0.2) is 48.9 Å². The molecular weight excluding hydrogens is 593 g/mol. The van der Waals surface area contributed by atoms with Gasteiger partial charge in [-0.2, -0.15) is 5.10 Å². The molecule has 0 atom stereocenters. The molecule has 5 aromatic rings. The van der Waals surface area contributed by atoms with Crippen LogP contribution in [-0.2, 0) is 27.9 Å². The zero-order chi connectivity index (χ0) is 32.8. The first-order valence-corrected chi connectivity index (χ1v) is 18.4. The molecule has 0 saturated carbocycles. The van der Waals surface area contributed by atoms with Gasteiger partial charge in [-0.3, -0.25) is 4.98 Å². The van der Waals surface area contributed by atoms with Gasteiger partial charge in [0.25, 0.3) is 0 Å². The van der Waals surface area contributed by atoms with E-state index in [1.165, 1.54) is 0 Å². The maximum atomic E-state index is 7.16. The lowest BCUT2D eigenvalue weighted by Crippen LogP contribution is -2.41. The summed E-state index contributed by atoms with van der Waals surface area (Å²) in [4.78, 5) is 9.17. The number of aromatic nitrogens is 4. The maximum Gasteiger partial charge on any atom is 0.192 e. The van der Waals surface area contributed by atoms with Crippen LogP contribution in [0.1, 0.15) is 43.3 Å². The lowest BCUT2D eigenvalue weighted by atomic mass is 9.80. The lowest BCUT2D eigenvalue weighted by molar-refractivity contribution is -0.00515. The Morgan fingerprint density at radius 1 is 0.717 bits per heavy atom. The molecule has 9 heteroatoms. The predicted molar refractivity (Wildman–Crippen MR) is 184 cm³/mol. The SMILES string of the molecule is COc1ccc(C(OCc2nc(-c3ccncc3)nn2CCO[Si](C)(C)C(C)(C)C)(c2ccccc2)c2ccc(OC)cc2)cc1. The smallest absolute Gasteiger partial charge is 0.192 e. The molecule has 240 valence electrons. The fourth-order valence-corrected chi connectivity index (χ4v) is 6.17. The minimum absolute atomic E-state index is 0.107. The zero-order valence-corrected chi connectivity index (χ0v) is 28.9. The van der Waals surface area contributed by atoms with Gasteiger partial charge in [-0.05, 0) is 71.2 Å². The minimum Gasteiger partial charge on any atom is -0.497 e. The van der Waals surface area contributed by atoms with E-state index in [-0.39, 0.29) is 11.6 Å². The van der Waals surface area contributed by atoms with Gasteiger partial charge in [0.2, 0.25) is 0 Å². The third-order valence-electron chi connectivity index (χ3n) is 8.85. The fraction of sp³-hybridized carbons (Fsp3) is 0.324. The Morgan fingerprint density at radius 2 is 1.26 bits per heavy atom. The number of methoxy groups -OCH3 is 2. The van der Waals surface area contributed by atoms with Crippen molar-refractivity contribution in [2.24, 2.45) is 0 Å². The molecule has 3 aromatic carbocycles. The van der Waals surface area contributed by atoms with E-state index in [0.717, 1.165) is 33.8 Å². The molecule has 0 radical (unpaired) electrons. The van der Waals surface area contributed by atoms with Gasteiger partial charge in [0, 0.05) is 18.0 Å². The van der Waals surface area contributed by atoms with Crippen LogP contribution >= 0.6 is 0 Å². The highest BCUT2D eigenvalue weighted by Gasteiger charge is 2.39. The Bertz CT molecular complexity index is 1640. The van der Waals surface area contributed by atoms with E-state index in [9.17, 15) is 0 Å². The van der Waals surface area contributed by atoms with Crippen molar-refractivity contribution in [1.82, 2.24) is 19.7 Å². The molecule has 0 saturated heterocycles. The summed E-state index contributed by atoms with van der Waals surface area (Å²) in [6.07, 6.45) is 3.50. The average molecular weight is 637 g/mol. The van der Waals surface area contributed by atoms with Crippen molar-refractivity contribution < 1.29 is 18.6 Å². The monoisotopic (exact) mass is 636 g/mol. The van der Waals surface area contributed by atoms with Crippen LogP contribution in [0.4, 0.5) is 0 Å². The minimum atomic E-state index is -1.95. The Hall–Kier alpha value is -4.31. The molecule has 0 aliphatic rings. The van der Waals surface area contributed by atoms with E-state index in [4.69, 9.17) is 28.7 Å². The van der Waals surface area contributed by atoms with E-state index >= 15 is 0 Å². The molecule has 2 aromatic heterocycles. The maximum absolute atomic E-state index is 7.16. The van der Waals surface area contributed by atoms with Gasteiger partial charge < -0.3 is 18.6 Å². The Kier molecular flexibility index (Phi) is 10.1. The fourth-order valence-electron chi connectivity index (χ4n) is 5.13. The van der Waals surface area contributed by atoms with Crippen molar-refractivity contribution in [3.05, 3.63) is 126 Å². The quantitative estimate of drug-likeness (QED) is 0.0961. The molecule has 0 fully saturated rings. The highest BCUT2D eigenvalue weighted by molar-refractivity contribution is 6.74. The van der Waals surface area contributed by atoms with E-state index in [2.05, 4.69) is 75.2 Å². The van der Waals surface area contributed by atoms with E-state index in [1.54, 1.807) is 26.6 Å². The zero-order valence-electron chi connectivity index (χ0n) is 27.9. The van der Waals surface area contributed by atoms with Crippen LogP contribution in [0.25, 0.3) is 11.4 Å². The first-order chi connectivity index (χ1) is 22.1. The standard InChI is InChI=1S/C37H44N4O4Si/c1-36(2,3)46(6,7)45-26-25-41-34(39-35(40-41)28-21-23-38-24-22-28)27-44-37(29-11-9-8-10-12-29,30-13-17-32(42-4)18-14-30)31-15-19-33(43-5)20-16-31/h8-24H,25-27H2,1-7H3. The van der Waals surface area contributed by atoms with Gasteiger partial charge in [-0.1, -0.05) is 75.4 Å². The summed E-state index contributed by atoms with van der Waals surface area (Å²) in [6.45, 7) is 12.5. The molecule has 5 rings (SSSR count). The van der Waals surface area contributed by atoms with Gasteiger partial charge in [-0.15, -0.1) is 0 Å². The summed E-state index contributed by atoms with van der Waals surface area (Å²) in [6, 6.07) is 30.1. The lowest BCUT2D eigenvalue weighted by Gasteiger charge is -2.36. The number of ether oxygens (including phenoxy) is 3. The molecule has 0 aliphatic heterocycles. The van der Waals surface area contributed by atoms with Gasteiger partial charge in [0.05, 0.1) is 27.4 Å². The number of rotatable bonds is 13. The van der Waals surface area contributed by atoms with Crippen molar-refractivity contribution in [2.75, 3.05) is 20.8 Å². The third kappa shape index (κ3) is 7.07. The summed E-state index contributed by atoms with van der Waals surface area (Å²) in [5.41, 5.74) is 2.79. The number of pyridine rings is 1. The molecule has 8 nitrogen and oxygen atoms in total. The molecule has 0 unspecified atom stereocenters. The summed E-state index contributed by atoms with van der Waals surface area (Å²) in [5.74, 6) is 2.85. The van der Waals surface area contributed by atoms with Gasteiger partial charge in [-0.25, -0.2) is 9.67 Å². The predicted octanol–water partition coefficient (Wildman–Crippen LogP) is 7.89. The molecule has 46 heavy (non-hydrogen) atoms. The second kappa shape index (κ2) is 14.0. The second-order valence-corrected chi connectivity index (χ2v) is 17.5. The van der Waals surface area contributed by atoms with E-state index in [1.807, 2.05) is 59.3 Å². The summed E-state index contributed by atoms with van der Waals surface area (Å²) in [5, 5.41) is 5.03. The van der Waals surface area contributed by atoms with E-state index in [0.29, 0.717) is 24.8 Å². The molecule has 0 aliphatic carbocycles. The molecule has 0 spiro atoms. The van der Waals surface area contributed by atoms with Crippen LogP contribution in [0, 0.1) is 0 Å². The van der Waals surface area contributed by atoms with Crippen molar-refractivity contribution in [2.45, 2.75) is 57.7 Å². The van der Waals surface area contributed by atoms with Crippen LogP contribution in [0.2, 0.25) is 18.1 Å². The van der Waals surface area contributed by atoms with E-state index < -0.39 is 13.9 Å². The highest BCUT2D eigenvalue weighted by atomic mass is 28.4. The Balaban J connectivity index is 1.58. The molecule has 0 amide bonds. The molecule has 2 heterocycles. The van der Waals surface area contributed by atoms with Crippen LogP contribution in [0.5, 0.6) is 11.5 Å². The third-order valence-corrected chi connectivity index (χ3v) is 13.4. The van der Waals surface area contributed by atoms with Gasteiger partial charge in [0.15, 0.2) is 20.0 Å². The Morgan fingerprint density at radius 3 is 1.78 bits per heavy atom. The highest BCUT2D eigenvalue weighted by Crippen LogP contribution is 2.42. The average Bonchev–Trinajstić information content (AvgIpc) is 3.48. The summed E-state index contributed by atoms with van der Waals surface area (Å²) >= 11 is 0. The number of nitrogens with zero attached hydrogens (tertiary/aromatic N) is 4. The van der Waals surface area contributed by atoms with Crippen LogP contribution in [0.15, 0.2) is 103 Å². The number of hydrogen-bond donors (Lipinski definition) is 0. The first-order valence-electron chi connectivity index (χ1n) is 15.5. The summed E-state index contributed by atoms with van der Waals surface area (Å²) < 4.78 is 26.6. The molecular formula is C37H44N4O4Si. The largest absolute Gasteiger partial charge is 0.497 e. The van der Waals surface area contributed by atoms with Crippen molar-refractivity contribution in [1.29, 1.82) is 0 Å². The van der Waals surface area contributed by atoms with Crippen molar-refractivity contribution >= 4 is 8.32 Å². The summed E-state index contributed by atoms with van der Waals surface area (Å²) in [7, 11) is 1.38. The molecule has 0 bridgehead atoms. The van der Waals surface area contributed by atoms with Crippen LogP contribution < -0.4 is 9.47 Å². The van der Waals surface area contributed by atoms with Gasteiger partial charge >= 0.3 is 0 Å². The van der Waals surface area contributed by atoms with Crippen molar-refractivity contribution in [3.8, 4) is 22.9 Å². The first kappa shape index (κ1) is 33.1. The van der Waals surface area contributed by atoms with Crippen LogP contribution in [0.3, 0.4) is 0 Å². The van der Waals surface area contributed by atoms with Gasteiger partial charge in [0.1, 0.15) is 23.7 Å². The molecule has 0 N–H and O–H groups in total. The van der Waals surface area contributed by atoms with Crippen molar-refractivity contribution in [3.63, 3.8) is 0 Å². The Labute approximate surface area is 273 Å². The second-order valence-electron chi connectivity index (χ2n) is 12.7. The number of hydrogen-bond acceptors (Lipinski definition) is 7. The number of benzene rings is 3. The normalized spacial score (nSPS) is 12.2. The topological polar surface area (TPSA) is 80.5 Å².